The van der Waals surface area contributed by atoms with Crippen molar-refractivity contribution in [2.45, 2.75) is 13.5 Å². The molecule has 0 saturated heterocycles. The zero-order valence-electron chi connectivity index (χ0n) is 13.4. The van der Waals surface area contributed by atoms with Crippen molar-refractivity contribution in [1.29, 1.82) is 0 Å². The van der Waals surface area contributed by atoms with Crippen molar-refractivity contribution in [3.8, 4) is 5.75 Å². The van der Waals surface area contributed by atoms with E-state index >= 15 is 0 Å². The summed E-state index contributed by atoms with van der Waals surface area (Å²) in [5, 5.41) is 10.2. The Kier molecular flexibility index (Phi) is 8.15. The van der Waals surface area contributed by atoms with Gasteiger partial charge in [0.15, 0.2) is 0 Å². The van der Waals surface area contributed by atoms with E-state index < -0.39 is 0 Å². The molecule has 0 aliphatic rings. The van der Waals surface area contributed by atoms with Crippen LogP contribution < -0.4 is 15.4 Å². The van der Waals surface area contributed by atoms with Crippen molar-refractivity contribution >= 4 is 18.3 Å². The van der Waals surface area contributed by atoms with E-state index in [9.17, 15) is 4.79 Å². The first-order chi connectivity index (χ1) is 10.7. The molecule has 0 fully saturated rings. The van der Waals surface area contributed by atoms with Gasteiger partial charge in [0.1, 0.15) is 5.75 Å². The number of rotatable bonds is 8. The van der Waals surface area contributed by atoms with Gasteiger partial charge >= 0.3 is 0 Å². The molecule has 1 aromatic carbocycles. The maximum Gasteiger partial charge on any atom is 0.254 e. The molecule has 6 nitrogen and oxygen atoms in total. The number of nitrogens with zero attached hydrogens (tertiary/aromatic N) is 2. The molecular weight excluding hydrogens is 316 g/mol. The van der Waals surface area contributed by atoms with Crippen molar-refractivity contribution in [1.82, 2.24) is 20.4 Å². The van der Waals surface area contributed by atoms with Gasteiger partial charge in [0.25, 0.3) is 5.91 Å². The van der Waals surface area contributed by atoms with Crippen LogP contribution in [-0.4, -0.2) is 42.4 Å². The van der Waals surface area contributed by atoms with E-state index in [2.05, 4.69) is 15.7 Å². The van der Waals surface area contributed by atoms with Crippen LogP contribution in [0.4, 0.5) is 0 Å². The van der Waals surface area contributed by atoms with Crippen LogP contribution in [-0.2, 0) is 6.54 Å². The first-order valence-electron chi connectivity index (χ1n) is 7.37. The quantitative estimate of drug-likeness (QED) is 0.719. The summed E-state index contributed by atoms with van der Waals surface area (Å²) in [6.45, 7) is 4.92. The minimum absolute atomic E-state index is 0. The molecule has 23 heavy (non-hydrogen) atoms. The number of benzene rings is 1. The van der Waals surface area contributed by atoms with Gasteiger partial charge in [-0.3, -0.25) is 9.48 Å². The van der Waals surface area contributed by atoms with Gasteiger partial charge in [0.2, 0.25) is 0 Å². The molecule has 2 N–H and O–H groups in total. The molecule has 0 bridgehead atoms. The lowest BCUT2D eigenvalue weighted by atomic mass is 10.2. The third kappa shape index (κ3) is 5.92. The fourth-order valence-corrected chi connectivity index (χ4v) is 2.03. The summed E-state index contributed by atoms with van der Waals surface area (Å²) in [4.78, 5) is 11.9. The first-order valence-corrected chi connectivity index (χ1v) is 7.37. The van der Waals surface area contributed by atoms with Crippen LogP contribution >= 0.6 is 12.4 Å². The second-order valence-electron chi connectivity index (χ2n) is 4.88. The molecule has 0 radical (unpaired) electrons. The first kappa shape index (κ1) is 19.0. The lowest BCUT2D eigenvalue weighted by molar-refractivity contribution is 0.0954. The number of nitrogens with one attached hydrogen (secondary N) is 2. The van der Waals surface area contributed by atoms with E-state index in [0.717, 1.165) is 24.4 Å². The Morgan fingerprint density at radius 1 is 1.26 bits per heavy atom. The topological polar surface area (TPSA) is 68.2 Å². The fraction of sp³-hybridized carbons (Fsp3) is 0.375. The van der Waals surface area contributed by atoms with Gasteiger partial charge < -0.3 is 15.4 Å². The normalized spacial score (nSPS) is 10.0. The van der Waals surface area contributed by atoms with E-state index in [4.69, 9.17) is 4.74 Å². The number of likely N-dealkylation sites (N-methyl/N-ethyl adjacent to an activating group) is 1. The molecule has 126 valence electrons. The maximum atomic E-state index is 11.9. The van der Waals surface area contributed by atoms with Crippen molar-refractivity contribution in [2.75, 3.05) is 26.7 Å². The standard InChI is InChI=1S/C16H22N4O2.ClH/c1-3-17-8-9-18-16(21)14-10-19-20(12-14)11-13-4-6-15(22-2)7-5-13;/h4-7,10,12,17H,3,8-9,11H2,1-2H3,(H,18,21);1H. The predicted octanol–water partition coefficient (Wildman–Crippen LogP) is 1.70. The van der Waals surface area contributed by atoms with E-state index in [1.807, 2.05) is 31.2 Å². The van der Waals surface area contributed by atoms with Crippen LogP contribution in [0, 0.1) is 0 Å². The molecule has 0 saturated carbocycles. The van der Waals surface area contributed by atoms with Gasteiger partial charge in [-0.1, -0.05) is 19.1 Å². The average Bonchev–Trinajstić information content (AvgIpc) is 3.01. The Labute approximate surface area is 142 Å². The second kappa shape index (κ2) is 9.86. The molecule has 0 aliphatic carbocycles. The largest absolute Gasteiger partial charge is 0.497 e. The maximum absolute atomic E-state index is 11.9. The highest BCUT2D eigenvalue weighted by molar-refractivity contribution is 5.93. The van der Waals surface area contributed by atoms with Gasteiger partial charge in [-0.25, -0.2) is 0 Å². The van der Waals surface area contributed by atoms with E-state index in [1.54, 1.807) is 24.2 Å². The second-order valence-corrected chi connectivity index (χ2v) is 4.88. The number of halogens is 1. The summed E-state index contributed by atoms with van der Waals surface area (Å²) < 4.78 is 6.88. The van der Waals surface area contributed by atoms with Crippen LogP contribution in [0.2, 0.25) is 0 Å². The summed E-state index contributed by atoms with van der Waals surface area (Å²) in [6.07, 6.45) is 3.35. The van der Waals surface area contributed by atoms with Gasteiger partial charge in [0, 0.05) is 19.3 Å². The number of carbonyl (C=O) groups is 1. The molecule has 2 rings (SSSR count). The highest BCUT2D eigenvalue weighted by Gasteiger charge is 2.08. The molecule has 2 aromatic rings. The minimum atomic E-state index is -0.0983. The molecule has 0 spiro atoms. The van der Waals surface area contributed by atoms with Gasteiger partial charge in [-0.2, -0.15) is 5.10 Å². The van der Waals surface area contributed by atoms with Crippen LogP contribution in [0.5, 0.6) is 5.75 Å². The summed E-state index contributed by atoms with van der Waals surface area (Å²) in [7, 11) is 1.64. The summed E-state index contributed by atoms with van der Waals surface area (Å²) >= 11 is 0. The Bertz CT molecular complexity index is 598. The Balaban J connectivity index is 0.00000264. The number of aromatic nitrogens is 2. The minimum Gasteiger partial charge on any atom is -0.497 e. The third-order valence-electron chi connectivity index (χ3n) is 3.24. The number of carbonyl (C=O) groups excluding carboxylic acids is 1. The Morgan fingerprint density at radius 2 is 2.00 bits per heavy atom. The van der Waals surface area contributed by atoms with Gasteiger partial charge in [0.05, 0.1) is 25.4 Å². The number of ether oxygens (including phenoxy) is 1. The van der Waals surface area contributed by atoms with Crippen LogP contribution in [0.3, 0.4) is 0 Å². The van der Waals surface area contributed by atoms with Crippen molar-refractivity contribution in [3.05, 3.63) is 47.8 Å². The molecule has 1 heterocycles. The van der Waals surface area contributed by atoms with E-state index in [-0.39, 0.29) is 18.3 Å². The smallest absolute Gasteiger partial charge is 0.254 e. The average molecular weight is 339 g/mol. The predicted molar refractivity (Wildman–Crippen MR) is 92.4 cm³/mol. The molecular formula is C16H23ClN4O2. The number of amides is 1. The summed E-state index contributed by atoms with van der Waals surface area (Å²) in [6, 6.07) is 7.79. The monoisotopic (exact) mass is 338 g/mol. The summed E-state index contributed by atoms with van der Waals surface area (Å²) in [5.74, 6) is 0.726. The third-order valence-corrected chi connectivity index (χ3v) is 3.24. The molecule has 1 aromatic heterocycles. The van der Waals surface area contributed by atoms with Crippen molar-refractivity contribution < 1.29 is 9.53 Å². The Morgan fingerprint density at radius 3 is 2.65 bits per heavy atom. The number of hydrogen-bond acceptors (Lipinski definition) is 4. The van der Waals surface area contributed by atoms with Crippen molar-refractivity contribution in [3.63, 3.8) is 0 Å². The molecule has 0 aliphatic heterocycles. The highest BCUT2D eigenvalue weighted by atomic mass is 35.5. The van der Waals surface area contributed by atoms with Crippen LogP contribution in [0.1, 0.15) is 22.8 Å². The number of methoxy groups -OCH3 is 1. The molecule has 7 heteroatoms. The van der Waals surface area contributed by atoms with E-state index in [0.29, 0.717) is 18.7 Å². The fourth-order valence-electron chi connectivity index (χ4n) is 2.03. The van der Waals surface area contributed by atoms with Crippen molar-refractivity contribution in [2.24, 2.45) is 0 Å². The molecule has 1 amide bonds. The van der Waals surface area contributed by atoms with Gasteiger partial charge in [-0.05, 0) is 24.2 Å². The van der Waals surface area contributed by atoms with Gasteiger partial charge in [-0.15, -0.1) is 12.4 Å². The van der Waals surface area contributed by atoms with Crippen LogP contribution in [0.25, 0.3) is 0 Å². The number of hydrogen-bond donors (Lipinski definition) is 2. The zero-order valence-corrected chi connectivity index (χ0v) is 14.2. The van der Waals surface area contributed by atoms with Crippen LogP contribution in [0.15, 0.2) is 36.7 Å². The highest BCUT2D eigenvalue weighted by Crippen LogP contribution is 2.12. The summed E-state index contributed by atoms with van der Waals surface area (Å²) in [5.41, 5.74) is 1.67. The Hall–Kier alpha value is -2.05. The van der Waals surface area contributed by atoms with E-state index in [1.165, 1.54) is 0 Å². The lowest BCUT2D eigenvalue weighted by Gasteiger charge is -2.04. The lowest BCUT2D eigenvalue weighted by Crippen LogP contribution is -2.31. The molecule has 0 atom stereocenters. The zero-order chi connectivity index (χ0) is 15.8. The SMILES string of the molecule is CCNCCNC(=O)c1cnn(Cc2ccc(OC)cc2)c1.Cl. The molecule has 0 unspecified atom stereocenters.